The molecule has 0 bridgehead atoms. The number of amides is 1. The minimum Gasteiger partial charge on any atom is -0.338 e. The predicted octanol–water partition coefficient (Wildman–Crippen LogP) is 0.102. The smallest absolute Gasteiger partial charge is 0.274 e. The quantitative estimate of drug-likeness (QED) is 0.803. The van der Waals surface area contributed by atoms with Crippen molar-refractivity contribution in [2.45, 2.75) is 25.9 Å². The summed E-state index contributed by atoms with van der Waals surface area (Å²) < 4.78 is 24.1. The number of benzene rings is 1. The Kier molecular flexibility index (Phi) is 4.18. The molecule has 1 fully saturated rings. The van der Waals surface area contributed by atoms with Crippen LogP contribution in [0.15, 0.2) is 24.3 Å². The van der Waals surface area contributed by atoms with Gasteiger partial charge in [-0.25, -0.2) is 5.14 Å². The predicted molar refractivity (Wildman–Crippen MR) is 71.0 cm³/mol. The number of carbonyl (C=O) groups excluding carboxylic acids is 1. The molecule has 0 atom stereocenters. The molecule has 1 saturated heterocycles. The van der Waals surface area contributed by atoms with Gasteiger partial charge in [-0.05, 0) is 17.5 Å². The van der Waals surface area contributed by atoms with Crippen LogP contribution in [0.25, 0.3) is 0 Å². The molecule has 3 N–H and O–H groups in total. The van der Waals surface area contributed by atoms with Crippen LogP contribution in [0, 0.1) is 0 Å². The third-order valence-electron chi connectivity index (χ3n) is 3.11. The lowest BCUT2D eigenvalue weighted by Crippen LogP contribution is -2.31. The molecule has 19 heavy (non-hydrogen) atoms. The van der Waals surface area contributed by atoms with Gasteiger partial charge in [0.1, 0.15) is 0 Å². The highest BCUT2D eigenvalue weighted by atomic mass is 32.2. The van der Waals surface area contributed by atoms with E-state index in [0.29, 0.717) is 13.0 Å². The third-order valence-corrected chi connectivity index (χ3v) is 3.66. The van der Waals surface area contributed by atoms with Crippen LogP contribution in [-0.4, -0.2) is 25.8 Å². The molecule has 0 unspecified atom stereocenters. The van der Waals surface area contributed by atoms with E-state index < -0.39 is 10.2 Å². The van der Waals surface area contributed by atoms with E-state index in [0.717, 1.165) is 24.1 Å². The molecule has 2 rings (SSSR count). The zero-order valence-electron chi connectivity index (χ0n) is 10.5. The van der Waals surface area contributed by atoms with Crippen LogP contribution < -0.4 is 9.86 Å². The summed E-state index contributed by atoms with van der Waals surface area (Å²) in [6.45, 7) is 1.41. The van der Waals surface area contributed by atoms with E-state index in [9.17, 15) is 13.2 Å². The van der Waals surface area contributed by atoms with Crippen LogP contribution in [0.3, 0.4) is 0 Å². The number of carbonyl (C=O) groups is 1. The van der Waals surface area contributed by atoms with E-state index in [-0.39, 0.29) is 12.5 Å². The maximum Gasteiger partial charge on any atom is 0.274 e. The molecule has 104 valence electrons. The molecule has 0 aliphatic carbocycles. The van der Waals surface area contributed by atoms with Crippen molar-refractivity contribution < 1.29 is 13.2 Å². The molecule has 7 heteroatoms. The second-order valence-corrected chi connectivity index (χ2v) is 5.93. The van der Waals surface area contributed by atoms with Gasteiger partial charge in [-0.3, -0.25) is 4.79 Å². The van der Waals surface area contributed by atoms with Crippen LogP contribution in [0.4, 0.5) is 0 Å². The minimum absolute atomic E-state index is 0.136. The van der Waals surface area contributed by atoms with Gasteiger partial charge in [0.25, 0.3) is 10.2 Å². The number of hydrogen-bond acceptors (Lipinski definition) is 3. The lowest BCUT2D eigenvalue weighted by atomic mass is 10.1. The standard InChI is InChI=1S/C12H17N3O3S/c13-19(17,18)14-8-10-4-1-2-5-11(10)9-15-7-3-6-12(15)16/h1-2,4-5,14H,3,6-9H2,(H2,13,17,18). The normalized spacial score (nSPS) is 16.1. The van der Waals surface area contributed by atoms with Gasteiger partial charge in [0.15, 0.2) is 0 Å². The molecule has 1 aliphatic rings. The largest absolute Gasteiger partial charge is 0.338 e. The molecule has 0 spiro atoms. The number of hydrogen-bond donors (Lipinski definition) is 2. The summed E-state index contributed by atoms with van der Waals surface area (Å²) in [5, 5.41) is 4.92. The molecular formula is C12H17N3O3S. The SMILES string of the molecule is NS(=O)(=O)NCc1ccccc1CN1CCCC1=O. The van der Waals surface area contributed by atoms with Crippen molar-refractivity contribution in [3.05, 3.63) is 35.4 Å². The van der Waals surface area contributed by atoms with Crippen molar-refractivity contribution in [2.75, 3.05) is 6.54 Å². The van der Waals surface area contributed by atoms with Crippen LogP contribution in [-0.2, 0) is 28.1 Å². The fraction of sp³-hybridized carbons (Fsp3) is 0.417. The van der Waals surface area contributed by atoms with Crippen molar-refractivity contribution in [1.82, 2.24) is 9.62 Å². The highest BCUT2D eigenvalue weighted by Crippen LogP contribution is 2.17. The number of nitrogens with zero attached hydrogens (tertiary/aromatic N) is 1. The second kappa shape index (κ2) is 5.68. The van der Waals surface area contributed by atoms with Gasteiger partial charge in [-0.1, -0.05) is 24.3 Å². The Morgan fingerprint density at radius 2 is 1.95 bits per heavy atom. The van der Waals surface area contributed by atoms with E-state index in [2.05, 4.69) is 4.72 Å². The Hall–Kier alpha value is -1.44. The average Bonchev–Trinajstić information content (AvgIpc) is 2.73. The number of likely N-dealkylation sites (tertiary alicyclic amines) is 1. The molecule has 1 amide bonds. The van der Waals surface area contributed by atoms with Crippen LogP contribution in [0.1, 0.15) is 24.0 Å². The summed E-state index contributed by atoms with van der Waals surface area (Å²) >= 11 is 0. The number of nitrogens with two attached hydrogens (primary N) is 1. The molecule has 0 aromatic heterocycles. The van der Waals surface area contributed by atoms with Crippen LogP contribution >= 0.6 is 0 Å². The maximum atomic E-state index is 11.6. The van der Waals surface area contributed by atoms with Crippen molar-refractivity contribution in [3.63, 3.8) is 0 Å². The van der Waals surface area contributed by atoms with E-state index in [4.69, 9.17) is 5.14 Å². The summed E-state index contributed by atoms with van der Waals surface area (Å²) in [5.41, 5.74) is 1.77. The lowest BCUT2D eigenvalue weighted by molar-refractivity contribution is -0.128. The average molecular weight is 283 g/mol. The van der Waals surface area contributed by atoms with Gasteiger partial charge < -0.3 is 4.90 Å². The lowest BCUT2D eigenvalue weighted by Gasteiger charge is -2.18. The summed E-state index contributed by atoms with van der Waals surface area (Å²) in [6, 6.07) is 7.42. The van der Waals surface area contributed by atoms with Crippen LogP contribution in [0.2, 0.25) is 0 Å². The van der Waals surface area contributed by atoms with Gasteiger partial charge >= 0.3 is 0 Å². The zero-order chi connectivity index (χ0) is 13.9. The van der Waals surface area contributed by atoms with Gasteiger partial charge in [-0.2, -0.15) is 13.1 Å². The number of nitrogens with one attached hydrogen (secondary N) is 1. The first-order chi connectivity index (χ1) is 8.96. The first-order valence-corrected chi connectivity index (χ1v) is 7.62. The third kappa shape index (κ3) is 4.02. The van der Waals surface area contributed by atoms with E-state index >= 15 is 0 Å². The topological polar surface area (TPSA) is 92.5 Å². The molecular weight excluding hydrogens is 266 g/mol. The van der Waals surface area contributed by atoms with Gasteiger partial charge in [0, 0.05) is 26.1 Å². The van der Waals surface area contributed by atoms with Crippen molar-refractivity contribution >= 4 is 16.1 Å². The monoisotopic (exact) mass is 283 g/mol. The molecule has 6 nitrogen and oxygen atoms in total. The van der Waals surface area contributed by atoms with Crippen molar-refractivity contribution in [3.8, 4) is 0 Å². The summed E-state index contributed by atoms with van der Waals surface area (Å²) in [5.74, 6) is 0.147. The maximum absolute atomic E-state index is 11.6. The summed E-state index contributed by atoms with van der Waals surface area (Å²) in [7, 11) is -3.71. The Morgan fingerprint density at radius 1 is 1.26 bits per heavy atom. The van der Waals surface area contributed by atoms with Crippen molar-refractivity contribution in [1.29, 1.82) is 0 Å². The van der Waals surface area contributed by atoms with E-state index in [1.807, 2.05) is 24.3 Å². The Bertz CT molecular complexity index is 571. The first-order valence-electron chi connectivity index (χ1n) is 6.07. The van der Waals surface area contributed by atoms with E-state index in [1.165, 1.54) is 0 Å². The zero-order valence-corrected chi connectivity index (χ0v) is 11.3. The Labute approximate surface area is 112 Å². The first kappa shape index (κ1) is 14.0. The molecule has 1 heterocycles. The fourth-order valence-electron chi connectivity index (χ4n) is 2.14. The Balaban J connectivity index is 2.09. The summed E-state index contributed by atoms with van der Waals surface area (Å²) in [4.78, 5) is 13.4. The van der Waals surface area contributed by atoms with Crippen LogP contribution in [0.5, 0.6) is 0 Å². The van der Waals surface area contributed by atoms with Gasteiger partial charge in [-0.15, -0.1) is 0 Å². The summed E-state index contributed by atoms with van der Waals surface area (Å²) in [6.07, 6.45) is 1.48. The minimum atomic E-state index is -3.71. The fourth-order valence-corrected chi connectivity index (χ4v) is 2.50. The molecule has 1 aliphatic heterocycles. The Morgan fingerprint density at radius 3 is 2.53 bits per heavy atom. The second-order valence-electron chi connectivity index (χ2n) is 4.55. The number of rotatable bonds is 5. The highest BCUT2D eigenvalue weighted by Gasteiger charge is 2.20. The molecule has 1 aromatic carbocycles. The van der Waals surface area contributed by atoms with E-state index in [1.54, 1.807) is 4.90 Å². The van der Waals surface area contributed by atoms with Gasteiger partial charge in [0.2, 0.25) is 5.91 Å². The highest BCUT2D eigenvalue weighted by molar-refractivity contribution is 7.87. The van der Waals surface area contributed by atoms with Gasteiger partial charge in [0.05, 0.1) is 0 Å². The molecule has 0 radical (unpaired) electrons. The molecule has 1 aromatic rings. The van der Waals surface area contributed by atoms with Crippen molar-refractivity contribution in [2.24, 2.45) is 5.14 Å². The molecule has 0 saturated carbocycles.